The van der Waals surface area contributed by atoms with Gasteiger partial charge in [0.1, 0.15) is 0 Å². The van der Waals surface area contributed by atoms with Crippen LogP contribution in [-0.4, -0.2) is 82.5 Å². The highest BCUT2D eigenvalue weighted by molar-refractivity contribution is 7.89. The van der Waals surface area contributed by atoms with Crippen molar-refractivity contribution in [3.63, 3.8) is 0 Å². The van der Waals surface area contributed by atoms with Crippen LogP contribution in [0.3, 0.4) is 0 Å². The van der Waals surface area contributed by atoms with Gasteiger partial charge in [0.15, 0.2) is 0 Å². The number of piperidine rings is 2. The van der Waals surface area contributed by atoms with E-state index >= 15 is 0 Å². The third kappa shape index (κ3) is 5.07. The van der Waals surface area contributed by atoms with Gasteiger partial charge in [-0.3, -0.25) is 4.79 Å². The van der Waals surface area contributed by atoms with Gasteiger partial charge in [-0.25, -0.2) is 29.9 Å². The normalized spacial score (nSPS) is 23.1. The van der Waals surface area contributed by atoms with Gasteiger partial charge in [-0.15, -0.1) is 0 Å². The Balaban J connectivity index is 1.72. The van der Waals surface area contributed by atoms with Crippen LogP contribution in [0.15, 0.2) is 34.1 Å². The Bertz CT molecular complexity index is 1020. The summed E-state index contributed by atoms with van der Waals surface area (Å²) in [5.74, 6) is -3.63. The van der Waals surface area contributed by atoms with Crippen molar-refractivity contribution < 1.29 is 30.4 Å². The molecule has 1 unspecified atom stereocenters. The molecule has 2 fully saturated rings. The third-order valence-electron chi connectivity index (χ3n) is 5.78. The molecule has 3 rings (SSSR count). The molecule has 174 valence electrons. The average Bonchev–Trinajstić information content (AvgIpc) is 2.73. The second kappa shape index (κ2) is 8.72. The first-order chi connectivity index (χ1) is 14.3. The van der Waals surface area contributed by atoms with Crippen LogP contribution in [-0.2, 0) is 24.8 Å². The van der Waals surface area contributed by atoms with Crippen molar-refractivity contribution in [3.8, 4) is 0 Å². The molecule has 0 aromatic heterocycles. The summed E-state index contributed by atoms with van der Waals surface area (Å²) in [5.41, 5.74) is 0. The Morgan fingerprint density at radius 2 is 1.55 bits per heavy atom. The second-order valence-corrected chi connectivity index (χ2v) is 12.2. The van der Waals surface area contributed by atoms with Crippen LogP contribution in [0.5, 0.6) is 0 Å². The molecule has 1 aromatic carbocycles. The van der Waals surface area contributed by atoms with Crippen molar-refractivity contribution in [2.75, 3.05) is 40.3 Å². The number of amides is 1. The summed E-state index contributed by atoms with van der Waals surface area (Å²) >= 11 is 0. The van der Waals surface area contributed by atoms with Crippen molar-refractivity contribution in [2.45, 2.75) is 41.4 Å². The van der Waals surface area contributed by atoms with Gasteiger partial charge in [-0.2, -0.15) is 4.31 Å². The summed E-state index contributed by atoms with van der Waals surface area (Å²) in [6.07, 6.45) is 0.218. The number of nitrogens with zero attached hydrogens (tertiary/aromatic N) is 3. The summed E-state index contributed by atoms with van der Waals surface area (Å²) in [4.78, 5) is 14.1. The molecule has 1 atom stereocenters. The van der Waals surface area contributed by atoms with E-state index in [0.29, 0.717) is 12.8 Å². The molecule has 1 amide bonds. The molecule has 2 aliphatic rings. The van der Waals surface area contributed by atoms with Crippen LogP contribution < -0.4 is 0 Å². The van der Waals surface area contributed by atoms with Crippen molar-refractivity contribution in [1.82, 2.24) is 13.5 Å². The summed E-state index contributed by atoms with van der Waals surface area (Å²) in [6.45, 7) is 0.154. The Labute approximate surface area is 181 Å². The number of alkyl halides is 2. The topological polar surface area (TPSA) is 95.1 Å². The van der Waals surface area contributed by atoms with E-state index in [2.05, 4.69) is 0 Å². The van der Waals surface area contributed by atoms with E-state index in [9.17, 15) is 30.4 Å². The lowest BCUT2D eigenvalue weighted by atomic mass is 9.96. The van der Waals surface area contributed by atoms with Crippen LogP contribution in [0.4, 0.5) is 8.78 Å². The molecule has 0 radical (unpaired) electrons. The lowest BCUT2D eigenvalue weighted by Crippen LogP contribution is -2.49. The lowest BCUT2D eigenvalue weighted by Gasteiger charge is -2.37. The number of likely N-dealkylation sites (tertiary alicyclic amines) is 1. The van der Waals surface area contributed by atoms with Crippen molar-refractivity contribution >= 4 is 26.0 Å². The number of sulfonamides is 2. The molecular weight excluding hydrogens is 452 g/mol. The van der Waals surface area contributed by atoms with Crippen molar-refractivity contribution in [2.24, 2.45) is 5.92 Å². The van der Waals surface area contributed by atoms with E-state index in [1.54, 1.807) is 0 Å². The maximum atomic E-state index is 13.4. The summed E-state index contributed by atoms with van der Waals surface area (Å²) < 4.78 is 79.5. The highest BCUT2D eigenvalue weighted by atomic mass is 32.2. The Morgan fingerprint density at radius 1 is 1.00 bits per heavy atom. The third-order valence-corrected chi connectivity index (χ3v) is 9.49. The van der Waals surface area contributed by atoms with Gasteiger partial charge < -0.3 is 4.90 Å². The number of hydrogen-bond donors (Lipinski definition) is 0. The van der Waals surface area contributed by atoms with Crippen LogP contribution in [0.25, 0.3) is 0 Å². The molecule has 0 bridgehead atoms. The fraction of sp³-hybridized carbons (Fsp3) is 0.632. The molecule has 12 heteroatoms. The Morgan fingerprint density at radius 3 is 2.10 bits per heavy atom. The SMILES string of the molecule is CN(C)S(=O)(=O)c1ccc(S(=O)(=O)N2CCCC(C(=O)N3CCC(F)(F)CC3)C2)cc1. The second-order valence-electron chi connectivity index (χ2n) is 8.14. The lowest BCUT2D eigenvalue weighted by molar-refractivity contribution is -0.142. The molecule has 0 saturated carbocycles. The highest BCUT2D eigenvalue weighted by Gasteiger charge is 2.39. The number of rotatable bonds is 5. The molecule has 2 aliphatic heterocycles. The summed E-state index contributed by atoms with van der Waals surface area (Å²) in [6, 6.07) is 4.96. The van der Waals surface area contributed by atoms with Gasteiger partial charge >= 0.3 is 0 Å². The van der Waals surface area contributed by atoms with Crippen molar-refractivity contribution in [1.29, 1.82) is 0 Å². The number of hydrogen-bond acceptors (Lipinski definition) is 5. The van der Waals surface area contributed by atoms with Crippen LogP contribution in [0.1, 0.15) is 25.7 Å². The molecule has 31 heavy (non-hydrogen) atoms. The molecule has 2 saturated heterocycles. The number of carbonyl (C=O) groups excluding carboxylic acids is 1. The zero-order chi connectivity index (χ0) is 23.0. The standard InChI is InChI=1S/C19H27F2N3O5S2/c1-22(2)30(26,27)16-5-7-17(8-6-16)31(28,29)24-11-3-4-15(14-24)18(25)23-12-9-19(20,21)10-13-23/h5-8,15H,3-4,9-14H2,1-2H3. The van der Waals surface area contributed by atoms with E-state index < -0.39 is 31.9 Å². The predicted octanol–water partition coefficient (Wildman–Crippen LogP) is 1.60. The van der Waals surface area contributed by atoms with Crippen molar-refractivity contribution in [3.05, 3.63) is 24.3 Å². The summed E-state index contributed by atoms with van der Waals surface area (Å²) in [7, 11) is -4.84. The average molecular weight is 480 g/mol. The zero-order valence-electron chi connectivity index (χ0n) is 17.5. The molecule has 8 nitrogen and oxygen atoms in total. The Hall–Kier alpha value is -1.63. The smallest absolute Gasteiger partial charge is 0.251 e. The van der Waals surface area contributed by atoms with Gasteiger partial charge in [0, 0.05) is 53.1 Å². The predicted molar refractivity (Wildman–Crippen MR) is 110 cm³/mol. The van der Waals surface area contributed by atoms with E-state index in [4.69, 9.17) is 0 Å². The maximum absolute atomic E-state index is 13.4. The van der Waals surface area contributed by atoms with Gasteiger partial charge in [0.05, 0.1) is 15.7 Å². The van der Waals surface area contributed by atoms with E-state index in [0.717, 1.165) is 4.31 Å². The molecule has 0 spiro atoms. The molecule has 0 N–H and O–H groups in total. The Kier molecular flexibility index (Phi) is 6.76. The fourth-order valence-corrected chi connectivity index (χ4v) is 6.24. The summed E-state index contributed by atoms with van der Waals surface area (Å²) in [5, 5.41) is 0. The quantitative estimate of drug-likeness (QED) is 0.639. The van der Waals surface area contributed by atoms with Crippen LogP contribution in [0.2, 0.25) is 0 Å². The maximum Gasteiger partial charge on any atom is 0.251 e. The van der Waals surface area contributed by atoms with E-state index in [-0.39, 0.29) is 54.7 Å². The molecule has 0 aliphatic carbocycles. The molecular formula is C19H27F2N3O5S2. The van der Waals surface area contributed by atoms with Gasteiger partial charge in [0.2, 0.25) is 26.0 Å². The first-order valence-corrected chi connectivity index (χ1v) is 12.9. The number of benzene rings is 1. The monoisotopic (exact) mass is 479 g/mol. The van der Waals surface area contributed by atoms with Gasteiger partial charge in [-0.1, -0.05) is 0 Å². The highest BCUT2D eigenvalue weighted by Crippen LogP contribution is 2.30. The first kappa shape index (κ1) is 24.0. The minimum absolute atomic E-state index is 0.0220. The minimum atomic E-state index is -3.93. The number of carbonyl (C=O) groups is 1. The zero-order valence-corrected chi connectivity index (χ0v) is 19.1. The largest absolute Gasteiger partial charge is 0.342 e. The van der Waals surface area contributed by atoms with Gasteiger partial charge in [0.25, 0.3) is 5.92 Å². The molecule has 1 aromatic rings. The first-order valence-electron chi connectivity index (χ1n) is 10.0. The minimum Gasteiger partial charge on any atom is -0.342 e. The number of halogens is 2. The van der Waals surface area contributed by atoms with Gasteiger partial charge in [-0.05, 0) is 37.1 Å². The van der Waals surface area contributed by atoms with E-state index in [1.807, 2.05) is 0 Å². The van der Waals surface area contributed by atoms with E-state index in [1.165, 1.54) is 47.6 Å². The molecule has 2 heterocycles. The van der Waals surface area contributed by atoms with Crippen LogP contribution >= 0.6 is 0 Å². The van der Waals surface area contributed by atoms with Crippen LogP contribution in [0, 0.1) is 5.92 Å². The fourth-order valence-electron chi connectivity index (χ4n) is 3.82.